The highest BCUT2D eigenvalue weighted by atomic mass is 16.6. The van der Waals surface area contributed by atoms with Crippen LogP contribution in [0.1, 0.15) is 64.9 Å². The van der Waals surface area contributed by atoms with Gasteiger partial charge in [0.25, 0.3) is 0 Å². The largest absolute Gasteiger partial charge is 0.494 e. The van der Waals surface area contributed by atoms with Crippen molar-refractivity contribution in [2.24, 2.45) is 0 Å². The van der Waals surface area contributed by atoms with E-state index in [1.807, 2.05) is 0 Å². The first kappa shape index (κ1) is 19.0. The van der Waals surface area contributed by atoms with Crippen LogP contribution in [-0.2, 0) is 9.31 Å². The van der Waals surface area contributed by atoms with Crippen LogP contribution in [0.2, 0.25) is 0 Å². The van der Waals surface area contributed by atoms with Crippen molar-refractivity contribution in [1.29, 1.82) is 0 Å². The average molecular weight is 326 g/mol. The lowest BCUT2D eigenvalue weighted by Gasteiger charge is -2.19. The zero-order valence-corrected chi connectivity index (χ0v) is 15.7. The molecule has 0 bridgehead atoms. The van der Waals surface area contributed by atoms with Crippen LogP contribution >= 0.6 is 0 Å². The summed E-state index contributed by atoms with van der Waals surface area (Å²) in [5.41, 5.74) is 2.54. The predicted octanol–water partition coefficient (Wildman–Crippen LogP) is 5.29. The Labute approximate surface area is 147 Å². The van der Waals surface area contributed by atoms with E-state index in [1.165, 1.54) is 16.3 Å². The van der Waals surface area contributed by atoms with Gasteiger partial charge >= 0.3 is 7.12 Å². The fourth-order valence-electron chi connectivity index (χ4n) is 2.95. The lowest BCUT2D eigenvalue weighted by atomic mass is 9.74. The molecule has 0 aliphatic rings. The van der Waals surface area contributed by atoms with Crippen molar-refractivity contribution in [3.63, 3.8) is 0 Å². The molecule has 0 N–H and O–H groups in total. The van der Waals surface area contributed by atoms with Gasteiger partial charge in [-0.3, -0.25) is 0 Å². The minimum Gasteiger partial charge on any atom is -0.407 e. The molecular formula is C21H31BO2. The molecule has 0 saturated heterocycles. The van der Waals surface area contributed by atoms with Crippen LogP contribution in [0.5, 0.6) is 0 Å². The third kappa shape index (κ3) is 4.84. The lowest BCUT2D eigenvalue weighted by Crippen LogP contribution is -2.38. The van der Waals surface area contributed by atoms with Crippen molar-refractivity contribution in [2.75, 3.05) is 13.2 Å². The summed E-state index contributed by atoms with van der Waals surface area (Å²) in [5.74, 6) is 0.504. The molecule has 2 aromatic rings. The Balaban J connectivity index is 2.35. The van der Waals surface area contributed by atoms with Crippen LogP contribution in [0.15, 0.2) is 36.4 Å². The monoisotopic (exact) mass is 326 g/mol. The highest BCUT2D eigenvalue weighted by molar-refractivity contribution is 6.64. The van der Waals surface area contributed by atoms with E-state index in [1.54, 1.807) is 0 Å². The maximum atomic E-state index is 6.10. The Morgan fingerprint density at radius 3 is 1.96 bits per heavy atom. The molecule has 0 radical (unpaired) electrons. The quantitative estimate of drug-likeness (QED) is 0.436. The van der Waals surface area contributed by atoms with Gasteiger partial charge in [0.15, 0.2) is 0 Å². The van der Waals surface area contributed by atoms with Gasteiger partial charge in [-0.05, 0) is 40.6 Å². The molecule has 24 heavy (non-hydrogen) atoms. The van der Waals surface area contributed by atoms with Gasteiger partial charge in [0.1, 0.15) is 0 Å². The van der Waals surface area contributed by atoms with Crippen molar-refractivity contribution < 1.29 is 9.31 Å². The zero-order chi connectivity index (χ0) is 17.4. The fourth-order valence-corrected chi connectivity index (χ4v) is 2.95. The molecule has 0 unspecified atom stereocenters. The van der Waals surface area contributed by atoms with Crippen LogP contribution in [0, 0.1) is 0 Å². The van der Waals surface area contributed by atoms with Crippen molar-refractivity contribution in [3.8, 4) is 0 Å². The molecule has 0 spiro atoms. The first-order valence-corrected chi connectivity index (χ1v) is 9.43. The Morgan fingerprint density at radius 2 is 1.42 bits per heavy atom. The molecule has 0 aliphatic heterocycles. The molecule has 0 atom stereocenters. The maximum absolute atomic E-state index is 6.10. The summed E-state index contributed by atoms with van der Waals surface area (Å²) >= 11 is 0. The predicted molar refractivity (Wildman–Crippen MR) is 105 cm³/mol. The number of hydrogen-bond acceptors (Lipinski definition) is 2. The summed E-state index contributed by atoms with van der Waals surface area (Å²) < 4.78 is 12.2. The highest BCUT2D eigenvalue weighted by Crippen LogP contribution is 2.24. The van der Waals surface area contributed by atoms with Crippen LogP contribution in [0.25, 0.3) is 10.8 Å². The van der Waals surface area contributed by atoms with Gasteiger partial charge in [-0.1, -0.05) is 76.9 Å². The molecule has 2 rings (SSSR count). The molecule has 0 aliphatic carbocycles. The number of fused-ring (bicyclic) bond motifs is 1. The van der Waals surface area contributed by atoms with Gasteiger partial charge < -0.3 is 9.31 Å². The fraction of sp³-hybridized carbons (Fsp3) is 0.524. The second-order valence-corrected chi connectivity index (χ2v) is 6.72. The lowest BCUT2D eigenvalue weighted by molar-refractivity contribution is 0.202. The van der Waals surface area contributed by atoms with Crippen molar-refractivity contribution >= 4 is 23.4 Å². The summed E-state index contributed by atoms with van der Waals surface area (Å²) in [6.45, 7) is 10.3. The summed E-state index contributed by atoms with van der Waals surface area (Å²) in [6.07, 6.45) is 4.40. The molecule has 2 nitrogen and oxygen atoms in total. The molecular weight excluding hydrogens is 295 g/mol. The summed E-state index contributed by atoms with van der Waals surface area (Å²) in [7, 11) is -0.269. The van der Waals surface area contributed by atoms with Gasteiger partial charge in [0.05, 0.1) is 0 Å². The van der Waals surface area contributed by atoms with Gasteiger partial charge in [0.2, 0.25) is 0 Å². The van der Waals surface area contributed by atoms with Crippen molar-refractivity contribution in [2.45, 2.75) is 59.3 Å². The van der Waals surface area contributed by atoms with Gasteiger partial charge in [-0.2, -0.15) is 0 Å². The first-order valence-electron chi connectivity index (χ1n) is 9.43. The summed E-state index contributed by atoms with van der Waals surface area (Å²) in [6, 6.07) is 13.1. The molecule has 0 fully saturated rings. The first-order chi connectivity index (χ1) is 11.7. The summed E-state index contributed by atoms with van der Waals surface area (Å²) in [4.78, 5) is 0. The minimum atomic E-state index is -0.269. The van der Waals surface area contributed by atoms with E-state index < -0.39 is 0 Å². The normalized spacial score (nSPS) is 11.4. The van der Waals surface area contributed by atoms with E-state index in [2.05, 4.69) is 64.1 Å². The van der Waals surface area contributed by atoms with Crippen LogP contribution < -0.4 is 5.46 Å². The minimum absolute atomic E-state index is 0.269. The number of unbranched alkanes of at least 4 members (excludes halogenated alkanes) is 2. The van der Waals surface area contributed by atoms with Crippen LogP contribution in [0.3, 0.4) is 0 Å². The Hall–Kier alpha value is -1.32. The van der Waals surface area contributed by atoms with Gasteiger partial charge in [0, 0.05) is 13.2 Å². The van der Waals surface area contributed by atoms with E-state index in [0.717, 1.165) is 44.4 Å². The second-order valence-electron chi connectivity index (χ2n) is 6.72. The third-order valence-electron chi connectivity index (χ3n) is 4.40. The standard InChI is InChI=1S/C21H31BO2/c1-5-7-15-23-22(24-16-8-6-2)21-14-13-18(17(3)4)19-11-9-10-12-20(19)21/h9-14,17H,5-8,15-16H2,1-4H3. The van der Waals surface area contributed by atoms with E-state index in [-0.39, 0.29) is 7.12 Å². The SMILES string of the molecule is CCCCOB(OCCCC)c1ccc(C(C)C)c2ccccc12. The number of hydrogen-bond donors (Lipinski definition) is 0. The van der Waals surface area contributed by atoms with Crippen LogP contribution in [0.4, 0.5) is 0 Å². The van der Waals surface area contributed by atoms with Crippen molar-refractivity contribution in [1.82, 2.24) is 0 Å². The molecule has 3 heteroatoms. The topological polar surface area (TPSA) is 18.5 Å². The second kappa shape index (κ2) is 9.85. The van der Waals surface area contributed by atoms with Crippen molar-refractivity contribution in [3.05, 3.63) is 42.0 Å². The Bertz CT molecular complexity index is 614. The Kier molecular flexibility index (Phi) is 7.81. The molecule has 2 aromatic carbocycles. The highest BCUT2D eigenvalue weighted by Gasteiger charge is 2.24. The van der Waals surface area contributed by atoms with E-state index in [0.29, 0.717) is 5.92 Å². The molecule has 0 aromatic heterocycles. The molecule has 0 amide bonds. The summed E-state index contributed by atoms with van der Waals surface area (Å²) in [5, 5.41) is 2.56. The molecule has 130 valence electrons. The Morgan fingerprint density at radius 1 is 0.833 bits per heavy atom. The average Bonchev–Trinajstić information content (AvgIpc) is 2.59. The zero-order valence-electron chi connectivity index (χ0n) is 15.7. The number of benzene rings is 2. The van der Waals surface area contributed by atoms with E-state index in [4.69, 9.17) is 9.31 Å². The van der Waals surface area contributed by atoms with Crippen LogP contribution in [-0.4, -0.2) is 20.3 Å². The van der Waals surface area contributed by atoms with E-state index in [9.17, 15) is 0 Å². The molecule has 0 heterocycles. The number of rotatable bonds is 10. The smallest absolute Gasteiger partial charge is 0.407 e. The molecule has 0 saturated carbocycles. The maximum Gasteiger partial charge on any atom is 0.494 e. The van der Waals surface area contributed by atoms with Gasteiger partial charge in [-0.15, -0.1) is 0 Å². The van der Waals surface area contributed by atoms with E-state index >= 15 is 0 Å². The van der Waals surface area contributed by atoms with Gasteiger partial charge in [-0.25, -0.2) is 0 Å². The third-order valence-corrected chi connectivity index (χ3v) is 4.40.